The predicted molar refractivity (Wildman–Crippen MR) is 95.2 cm³/mol. The van der Waals surface area contributed by atoms with Crippen LogP contribution in [0.25, 0.3) is 22.3 Å². The summed E-state index contributed by atoms with van der Waals surface area (Å²) in [6.07, 6.45) is 6.47. The molecule has 5 heterocycles. The van der Waals surface area contributed by atoms with Gasteiger partial charge in [0.1, 0.15) is 5.65 Å². The zero-order valence-corrected chi connectivity index (χ0v) is 14.3. The Morgan fingerprint density at radius 3 is 2.96 bits per heavy atom. The van der Waals surface area contributed by atoms with Gasteiger partial charge in [0.2, 0.25) is 0 Å². The van der Waals surface area contributed by atoms with Crippen LogP contribution in [0, 0.1) is 0 Å². The van der Waals surface area contributed by atoms with Crippen LogP contribution in [-0.2, 0) is 12.0 Å². The van der Waals surface area contributed by atoms with E-state index in [9.17, 15) is 0 Å². The Labute approximate surface area is 141 Å². The largest absolute Gasteiger partial charge is 0.346 e. The average Bonchev–Trinajstić information content (AvgIpc) is 3.32. The highest BCUT2D eigenvalue weighted by atomic mass is 15.3. The maximum atomic E-state index is 4.88. The fraction of sp³-hybridized carbons (Fsp3) is 0.474. The van der Waals surface area contributed by atoms with E-state index >= 15 is 0 Å². The summed E-state index contributed by atoms with van der Waals surface area (Å²) in [5.41, 5.74) is 6.17. The van der Waals surface area contributed by atoms with Gasteiger partial charge in [-0.2, -0.15) is 5.10 Å². The van der Waals surface area contributed by atoms with E-state index in [1.165, 1.54) is 29.5 Å². The molecular weight excluding hydrogens is 298 g/mol. The van der Waals surface area contributed by atoms with Crippen molar-refractivity contribution in [3.63, 3.8) is 0 Å². The third-order valence-electron chi connectivity index (χ3n) is 5.85. The summed E-state index contributed by atoms with van der Waals surface area (Å²) in [4.78, 5) is 7.90. The molecule has 5 rings (SSSR count). The van der Waals surface area contributed by atoms with Crippen LogP contribution < -0.4 is 5.32 Å². The van der Waals surface area contributed by atoms with Crippen LogP contribution in [0.4, 0.5) is 0 Å². The van der Waals surface area contributed by atoms with Crippen molar-refractivity contribution in [2.45, 2.75) is 44.6 Å². The molecule has 0 aromatic carbocycles. The second-order valence-corrected chi connectivity index (χ2v) is 7.61. The van der Waals surface area contributed by atoms with E-state index in [-0.39, 0.29) is 0 Å². The molecule has 124 valence electrons. The summed E-state index contributed by atoms with van der Waals surface area (Å²) < 4.78 is 2.22. The summed E-state index contributed by atoms with van der Waals surface area (Å²) in [5.74, 6) is 0.482. The molecular formula is C19H23N5. The minimum Gasteiger partial charge on any atom is -0.346 e. The van der Waals surface area contributed by atoms with Gasteiger partial charge in [-0.25, -0.2) is 4.98 Å². The van der Waals surface area contributed by atoms with Crippen molar-refractivity contribution < 1.29 is 0 Å². The quantitative estimate of drug-likeness (QED) is 0.762. The van der Waals surface area contributed by atoms with E-state index in [0.717, 1.165) is 36.5 Å². The number of nitrogens with zero attached hydrogens (tertiary/aromatic N) is 3. The van der Waals surface area contributed by atoms with Crippen LogP contribution in [0.5, 0.6) is 0 Å². The van der Waals surface area contributed by atoms with Crippen molar-refractivity contribution >= 4 is 11.0 Å². The normalized spacial score (nSPS) is 23.0. The minimum atomic E-state index is 0.306. The fourth-order valence-electron chi connectivity index (χ4n) is 4.42. The second-order valence-electron chi connectivity index (χ2n) is 7.61. The third-order valence-corrected chi connectivity index (χ3v) is 5.85. The standard InChI is InChI=1S/C19H23N5/c1-12(2)15-10-22-18-14(15)7-13(9-21-18)16-8-17-19(3-5-20-11-19)4-6-24(17)23-16/h7-10,12,20H,3-6,11H2,1-2H3,(H,21,22). The first-order valence-electron chi connectivity index (χ1n) is 8.93. The Morgan fingerprint density at radius 1 is 1.25 bits per heavy atom. The summed E-state index contributed by atoms with van der Waals surface area (Å²) >= 11 is 0. The van der Waals surface area contributed by atoms with Gasteiger partial charge in [0.25, 0.3) is 0 Å². The molecule has 1 fully saturated rings. The van der Waals surface area contributed by atoms with Crippen LogP contribution in [0.2, 0.25) is 0 Å². The first kappa shape index (κ1) is 14.2. The molecule has 3 aromatic heterocycles. The highest BCUT2D eigenvalue weighted by Crippen LogP contribution is 2.41. The molecule has 2 aliphatic rings. The number of aromatic amines is 1. The lowest BCUT2D eigenvalue weighted by atomic mass is 9.82. The van der Waals surface area contributed by atoms with Crippen molar-refractivity contribution in [1.82, 2.24) is 25.1 Å². The number of H-pyrrole nitrogens is 1. The van der Waals surface area contributed by atoms with Crippen LogP contribution in [-0.4, -0.2) is 32.8 Å². The van der Waals surface area contributed by atoms with E-state index in [2.05, 4.69) is 52.1 Å². The molecule has 2 N–H and O–H groups in total. The maximum absolute atomic E-state index is 4.88. The molecule has 1 atom stereocenters. The molecule has 2 aliphatic heterocycles. The van der Waals surface area contributed by atoms with E-state index in [1.54, 1.807) is 0 Å². The molecule has 0 bridgehead atoms. The van der Waals surface area contributed by atoms with Crippen molar-refractivity contribution in [3.05, 3.63) is 35.8 Å². The van der Waals surface area contributed by atoms with Gasteiger partial charge in [0, 0.05) is 47.5 Å². The maximum Gasteiger partial charge on any atom is 0.137 e. The fourth-order valence-corrected chi connectivity index (χ4v) is 4.42. The van der Waals surface area contributed by atoms with Gasteiger partial charge in [0.15, 0.2) is 0 Å². The summed E-state index contributed by atoms with van der Waals surface area (Å²) in [5, 5.41) is 9.63. The molecule has 1 unspecified atom stereocenters. The zero-order chi connectivity index (χ0) is 16.3. The number of nitrogens with one attached hydrogen (secondary N) is 2. The van der Waals surface area contributed by atoms with E-state index in [4.69, 9.17) is 5.10 Å². The van der Waals surface area contributed by atoms with Crippen LogP contribution in [0.3, 0.4) is 0 Å². The average molecular weight is 321 g/mol. The topological polar surface area (TPSA) is 58.5 Å². The molecule has 5 nitrogen and oxygen atoms in total. The Hall–Kier alpha value is -2.14. The molecule has 24 heavy (non-hydrogen) atoms. The third kappa shape index (κ3) is 1.91. The zero-order valence-electron chi connectivity index (χ0n) is 14.3. The van der Waals surface area contributed by atoms with Gasteiger partial charge in [-0.1, -0.05) is 13.8 Å². The minimum absolute atomic E-state index is 0.306. The molecule has 1 spiro atoms. The van der Waals surface area contributed by atoms with Gasteiger partial charge in [-0.05, 0) is 43.0 Å². The molecule has 0 saturated carbocycles. The molecule has 0 aliphatic carbocycles. The molecule has 3 aromatic rings. The molecule has 0 amide bonds. The van der Waals surface area contributed by atoms with E-state index in [1.807, 2.05) is 6.20 Å². The number of aryl methyl sites for hydroxylation is 1. The number of hydrogen-bond donors (Lipinski definition) is 2. The smallest absolute Gasteiger partial charge is 0.137 e. The van der Waals surface area contributed by atoms with E-state index < -0.39 is 0 Å². The van der Waals surface area contributed by atoms with Crippen molar-refractivity contribution in [1.29, 1.82) is 0 Å². The number of fused-ring (bicyclic) bond motifs is 3. The van der Waals surface area contributed by atoms with Crippen LogP contribution in [0.15, 0.2) is 24.5 Å². The van der Waals surface area contributed by atoms with Gasteiger partial charge in [0.05, 0.1) is 5.69 Å². The summed E-state index contributed by atoms with van der Waals surface area (Å²) in [6, 6.07) is 4.54. The molecule has 1 saturated heterocycles. The molecule has 5 heteroatoms. The van der Waals surface area contributed by atoms with Gasteiger partial charge >= 0.3 is 0 Å². The summed E-state index contributed by atoms with van der Waals surface area (Å²) in [7, 11) is 0. The van der Waals surface area contributed by atoms with Crippen molar-refractivity contribution in [2.75, 3.05) is 13.1 Å². The Balaban J connectivity index is 1.60. The highest BCUT2D eigenvalue weighted by molar-refractivity contribution is 5.84. The van der Waals surface area contributed by atoms with Gasteiger partial charge in [-0.15, -0.1) is 0 Å². The van der Waals surface area contributed by atoms with Crippen molar-refractivity contribution in [2.24, 2.45) is 0 Å². The van der Waals surface area contributed by atoms with E-state index in [0.29, 0.717) is 11.3 Å². The van der Waals surface area contributed by atoms with Crippen LogP contribution >= 0.6 is 0 Å². The monoisotopic (exact) mass is 321 g/mol. The Morgan fingerprint density at radius 2 is 2.17 bits per heavy atom. The number of rotatable bonds is 2. The van der Waals surface area contributed by atoms with Crippen molar-refractivity contribution in [3.8, 4) is 11.3 Å². The Kier molecular flexibility index (Phi) is 2.92. The van der Waals surface area contributed by atoms with Gasteiger partial charge in [-0.3, -0.25) is 4.68 Å². The number of pyridine rings is 1. The first-order chi connectivity index (χ1) is 11.7. The van der Waals surface area contributed by atoms with Gasteiger partial charge < -0.3 is 10.3 Å². The summed E-state index contributed by atoms with van der Waals surface area (Å²) in [6.45, 7) is 7.68. The lowest BCUT2D eigenvalue weighted by molar-refractivity contribution is 0.467. The SMILES string of the molecule is CC(C)c1c[nH]c2ncc(-c3cc4n(n3)CCC43CCNC3)cc12. The highest BCUT2D eigenvalue weighted by Gasteiger charge is 2.42. The number of aromatic nitrogens is 4. The molecule has 0 radical (unpaired) electrons. The van der Waals surface area contributed by atoms with Crippen LogP contribution in [0.1, 0.15) is 43.9 Å². The predicted octanol–water partition coefficient (Wildman–Crippen LogP) is 3.18. The second kappa shape index (κ2) is 4.93. The lowest BCUT2D eigenvalue weighted by Crippen LogP contribution is -2.25. The Bertz CT molecular complexity index is 911. The first-order valence-corrected chi connectivity index (χ1v) is 8.93. The lowest BCUT2D eigenvalue weighted by Gasteiger charge is -2.20. The number of hydrogen-bond acceptors (Lipinski definition) is 3.